The lowest BCUT2D eigenvalue weighted by Gasteiger charge is -2.18. The molecule has 0 fully saturated rings. The summed E-state index contributed by atoms with van der Waals surface area (Å²) in [6.07, 6.45) is 2.04. The molecule has 0 unspecified atom stereocenters. The van der Waals surface area contributed by atoms with Gasteiger partial charge in [-0.1, -0.05) is 0 Å². The minimum Gasteiger partial charge on any atom is -0.497 e. The minimum atomic E-state index is 0.659. The molecule has 0 bridgehead atoms. The summed E-state index contributed by atoms with van der Waals surface area (Å²) >= 11 is 0. The molecule has 0 aliphatic heterocycles. The summed E-state index contributed by atoms with van der Waals surface area (Å²) < 4.78 is 16.3. The van der Waals surface area contributed by atoms with Crippen molar-refractivity contribution in [1.82, 2.24) is 9.88 Å². The lowest BCUT2D eigenvalue weighted by Crippen LogP contribution is -2.24. The lowest BCUT2D eigenvalue weighted by atomic mass is 10.1. The van der Waals surface area contributed by atoms with Crippen molar-refractivity contribution in [3.63, 3.8) is 0 Å². The molecule has 3 N–H and O–H groups in total. The van der Waals surface area contributed by atoms with Crippen LogP contribution in [0.5, 0.6) is 17.2 Å². The molecule has 0 amide bonds. The molecule has 3 aromatic rings. The van der Waals surface area contributed by atoms with Crippen molar-refractivity contribution < 1.29 is 14.2 Å². The maximum absolute atomic E-state index is 5.61. The predicted octanol–water partition coefficient (Wildman–Crippen LogP) is 4.01. The normalized spacial score (nSPS) is 11.1. The molecule has 0 saturated heterocycles. The number of methoxy groups -OCH3 is 3. The van der Waals surface area contributed by atoms with Gasteiger partial charge in [-0.25, -0.2) is 4.98 Å². The van der Waals surface area contributed by atoms with Crippen molar-refractivity contribution in [1.29, 1.82) is 0 Å². The number of aromatic nitrogens is 1. The number of benzene rings is 2. The predicted molar refractivity (Wildman–Crippen MR) is 131 cm³/mol. The van der Waals surface area contributed by atoms with Gasteiger partial charge >= 0.3 is 0 Å². The van der Waals surface area contributed by atoms with Gasteiger partial charge in [0.15, 0.2) is 11.5 Å². The number of pyridine rings is 1. The van der Waals surface area contributed by atoms with E-state index < -0.39 is 0 Å². The van der Waals surface area contributed by atoms with Crippen LogP contribution < -0.4 is 25.3 Å². The Morgan fingerprint density at radius 3 is 2.25 bits per heavy atom. The van der Waals surface area contributed by atoms with Crippen LogP contribution in [0.4, 0.5) is 5.69 Å². The Morgan fingerprint density at radius 2 is 1.59 bits per heavy atom. The van der Waals surface area contributed by atoms with E-state index in [9.17, 15) is 0 Å². The highest BCUT2D eigenvalue weighted by atomic mass is 16.5. The topological polar surface area (TPSA) is 81.9 Å². The van der Waals surface area contributed by atoms with Crippen molar-refractivity contribution >= 4 is 16.6 Å². The molecule has 1 aromatic heterocycles. The summed E-state index contributed by atoms with van der Waals surface area (Å²) in [7, 11) is 7.08. The molecular formula is C25H34N4O3. The fourth-order valence-corrected chi connectivity index (χ4v) is 3.65. The van der Waals surface area contributed by atoms with E-state index in [-0.39, 0.29) is 0 Å². The Kier molecular flexibility index (Phi) is 8.53. The third-order valence-corrected chi connectivity index (χ3v) is 5.48. The van der Waals surface area contributed by atoms with Crippen LogP contribution in [-0.2, 0) is 0 Å². The van der Waals surface area contributed by atoms with Crippen LogP contribution in [0.15, 0.2) is 42.5 Å². The fraction of sp³-hybridized carbons (Fsp3) is 0.400. The standard InChI is InChI=1S/C25H34N4O3/c1-29(13-5-11-26)14-6-12-27-22-16-21(18-7-9-19(30-2)10-8-18)28-23-17-25(32-4)24(31-3)15-20(22)23/h7-10,15-17H,5-6,11-14,26H2,1-4H3,(H,27,28). The zero-order valence-corrected chi connectivity index (χ0v) is 19.5. The molecule has 3 rings (SSSR count). The molecule has 0 saturated carbocycles. The average molecular weight is 439 g/mol. The summed E-state index contributed by atoms with van der Waals surface area (Å²) in [5.41, 5.74) is 9.38. The van der Waals surface area contributed by atoms with E-state index in [1.807, 2.05) is 36.4 Å². The first-order valence-corrected chi connectivity index (χ1v) is 10.9. The van der Waals surface area contributed by atoms with Crippen LogP contribution in [0.1, 0.15) is 12.8 Å². The SMILES string of the molecule is COc1ccc(-c2cc(NCCCN(C)CCCN)c3cc(OC)c(OC)cc3n2)cc1. The van der Waals surface area contributed by atoms with E-state index >= 15 is 0 Å². The first-order valence-electron chi connectivity index (χ1n) is 10.9. The second kappa shape index (κ2) is 11.5. The molecular weight excluding hydrogens is 404 g/mol. The molecule has 0 radical (unpaired) electrons. The van der Waals surface area contributed by atoms with Gasteiger partial charge in [0.25, 0.3) is 0 Å². The maximum atomic E-state index is 5.61. The molecule has 0 aliphatic carbocycles. The van der Waals surface area contributed by atoms with Crippen molar-refractivity contribution in [3.05, 3.63) is 42.5 Å². The van der Waals surface area contributed by atoms with E-state index in [0.717, 1.165) is 72.6 Å². The Morgan fingerprint density at radius 1 is 0.906 bits per heavy atom. The van der Waals surface area contributed by atoms with E-state index in [1.54, 1.807) is 21.3 Å². The van der Waals surface area contributed by atoms with E-state index in [0.29, 0.717) is 11.5 Å². The maximum Gasteiger partial charge on any atom is 0.162 e. The first kappa shape index (κ1) is 23.6. The smallest absolute Gasteiger partial charge is 0.162 e. The van der Waals surface area contributed by atoms with Crippen molar-refractivity contribution in [2.24, 2.45) is 5.73 Å². The Bertz CT molecular complexity index is 1010. The van der Waals surface area contributed by atoms with Crippen LogP contribution in [0.25, 0.3) is 22.2 Å². The van der Waals surface area contributed by atoms with Gasteiger partial charge in [0, 0.05) is 29.2 Å². The summed E-state index contributed by atoms with van der Waals surface area (Å²) in [5.74, 6) is 2.16. The molecule has 0 atom stereocenters. The highest BCUT2D eigenvalue weighted by Gasteiger charge is 2.13. The number of nitrogens with two attached hydrogens (primary N) is 1. The van der Waals surface area contributed by atoms with Gasteiger partial charge in [0.2, 0.25) is 0 Å². The molecule has 32 heavy (non-hydrogen) atoms. The second-order valence-electron chi connectivity index (χ2n) is 7.73. The third-order valence-electron chi connectivity index (χ3n) is 5.48. The quantitative estimate of drug-likeness (QED) is 0.414. The Hall–Kier alpha value is -3.03. The highest BCUT2D eigenvalue weighted by molar-refractivity contribution is 5.96. The number of ether oxygens (including phenoxy) is 3. The van der Waals surface area contributed by atoms with Gasteiger partial charge in [-0.15, -0.1) is 0 Å². The highest BCUT2D eigenvalue weighted by Crippen LogP contribution is 2.36. The summed E-state index contributed by atoms with van der Waals surface area (Å²) in [6.45, 7) is 3.61. The van der Waals surface area contributed by atoms with Crippen molar-refractivity contribution in [3.8, 4) is 28.5 Å². The molecule has 7 nitrogen and oxygen atoms in total. The van der Waals surface area contributed by atoms with Crippen LogP contribution in [0.3, 0.4) is 0 Å². The Labute approximate surface area is 190 Å². The number of fused-ring (bicyclic) bond motifs is 1. The zero-order chi connectivity index (χ0) is 22.9. The fourth-order valence-electron chi connectivity index (χ4n) is 3.65. The van der Waals surface area contributed by atoms with Crippen LogP contribution in [-0.4, -0.2) is 64.4 Å². The van der Waals surface area contributed by atoms with E-state index in [4.69, 9.17) is 24.9 Å². The monoisotopic (exact) mass is 438 g/mol. The van der Waals surface area contributed by atoms with Gasteiger partial charge in [0.1, 0.15) is 5.75 Å². The first-order chi connectivity index (χ1) is 15.6. The van der Waals surface area contributed by atoms with Crippen LogP contribution in [0, 0.1) is 0 Å². The summed E-state index contributed by atoms with van der Waals surface area (Å²) in [5, 5.41) is 4.60. The van der Waals surface area contributed by atoms with Crippen LogP contribution >= 0.6 is 0 Å². The van der Waals surface area contributed by atoms with Gasteiger partial charge in [-0.2, -0.15) is 0 Å². The summed E-state index contributed by atoms with van der Waals surface area (Å²) in [6, 6.07) is 13.9. The van der Waals surface area contributed by atoms with Gasteiger partial charge in [-0.05, 0) is 75.9 Å². The zero-order valence-electron chi connectivity index (χ0n) is 19.5. The molecule has 0 aliphatic rings. The van der Waals surface area contributed by atoms with Gasteiger partial charge < -0.3 is 30.2 Å². The number of nitrogens with zero attached hydrogens (tertiary/aromatic N) is 2. The van der Waals surface area contributed by atoms with Gasteiger partial charge in [-0.3, -0.25) is 0 Å². The van der Waals surface area contributed by atoms with Crippen molar-refractivity contribution in [2.75, 3.05) is 59.9 Å². The molecule has 0 spiro atoms. The Balaban J connectivity index is 1.90. The van der Waals surface area contributed by atoms with E-state index in [2.05, 4.69) is 23.3 Å². The summed E-state index contributed by atoms with van der Waals surface area (Å²) in [4.78, 5) is 7.21. The molecule has 1 heterocycles. The largest absolute Gasteiger partial charge is 0.497 e. The number of nitrogens with one attached hydrogen (secondary N) is 1. The minimum absolute atomic E-state index is 0.659. The van der Waals surface area contributed by atoms with E-state index in [1.165, 1.54) is 0 Å². The molecule has 172 valence electrons. The lowest BCUT2D eigenvalue weighted by molar-refractivity contribution is 0.330. The average Bonchev–Trinajstić information content (AvgIpc) is 2.84. The molecule has 7 heteroatoms. The van der Waals surface area contributed by atoms with Crippen LogP contribution in [0.2, 0.25) is 0 Å². The number of rotatable bonds is 12. The van der Waals surface area contributed by atoms with Crippen molar-refractivity contribution in [2.45, 2.75) is 12.8 Å². The van der Waals surface area contributed by atoms with Gasteiger partial charge in [0.05, 0.1) is 32.5 Å². The second-order valence-corrected chi connectivity index (χ2v) is 7.73. The number of hydrogen-bond acceptors (Lipinski definition) is 7. The number of anilines is 1. The molecule has 2 aromatic carbocycles. The third kappa shape index (κ3) is 5.81. The number of hydrogen-bond donors (Lipinski definition) is 2.